The molecule has 10 heteroatoms. The van der Waals surface area contributed by atoms with Crippen LogP contribution in [-0.2, 0) is 19.1 Å². The fourth-order valence-corrected chi connectivity index (χ4v) is 3.71. The SMILES string of the molecule is O=C(COC(=O)[C@@H]1CC(=O)N(NC(=O)c2ccc(Br)cc2)C1)Nc1ccc(Oc2ccccc2)cc1. The summed E-state index contributed by atoms with van der Waals surface area (Å²) in [7, 11) is 0. The highest BCUT2D eigenvalue weighted by Crippen LogP contribution is 2.23. The van der Waals surface area contributed by atoms with Gasteiger partial charge in [0.2, 0.25) is 5.91 Å². The van der Waals surface area contributed by atoms with Crippen LogP contribution in [0, 0.1) is 5.92 Å². The number of rotatable bonds is 8. The van der Waals surface area contributed by atoms with Crippen molar-refractivity contribution in [3.05, 3.63) is 88.9 Å². The quantitative estimate of drug-likeness (QED) is 0.410. The van der Waals surface area contributed by atoms with E-state index in [1.807, 2.05) is 30.3 Å². The van der Waals surface area contributed by atoms with Crippen molar-refractivity contribution >= 4 is 45.3 Å². The van der Waals surface area contributed by atoms with Gasteiger partial charge >= 0.3 is 5.97 Å². The van der Waals surface area contributed by atoms with Gasteiger partial charge in [-0.3, -0.25) is 29.6 Å². The van der Waals surface area contributed by atoms with Gasteiger partial charge in [0.05, 0.1) is 12.5 Å². The van der Waals surface area contributed by atoms with E-state index < -0.39 is 36.2 Å². The Bertz CT molecular complexity index is 1250. The van der Waals surface area contributed by atoms with Gasteiger partial charge in [0.15, 0.2) is 6.61 Å². The van der Waals surface area contributed by atoms with Gasteiger partial charge in [-0.15, -0.1) is 0 Å². The number of amides is 3. The van der Waals surface area contributed by atoms with Gasteiger partial charge in [-0.2, -0.15) is 0 Å². The monoisotopic (exact) mass is 551 g/mol. The molecule has 184 valence electrons. The second kappa shape index (κ2) is 11.5. The third kappa shape index (κ3) is 6.70. The zero-order valence-corrected chi connectivity index (χ0v) is 20.6. The summed E-state index contributed by atoms with van der Waals surface area (Å²) in [6.45, 7) is -0.540. The van der Waals surface area contributed by atoms with Gasteiger partial charge in [0, 0.05) is 22.1 Å². The third-order valence-electron chi connectivity index (χ3n) is 5.26. The molecule has 3 aromatic carbocycles. The van der Waals surface area contributed by atoms with Crippen molar-refractivity contribution in [2.24, 2.45) is 5.92 Å². The highest BCUT2D eigenvalue weighted by molar-refractivity contribution is 9.10. The first-order valence-corrected chi connectivity index (χ1v) is 11.8. The molecule has 0 unspecified atom stereocenters. The molecule has 1 aliphatic rings. The second-order valence-corrected chi connectivity index (χ2v) is 8.86. The molecule has 1 fully saturated rings. The van der Waals surface area contributed by atoms with Crippen LogP contribution in [0.2, 0.25) is 0 Å². The first-order chi connectivity index (χ1) is 17.4. The Morgan fingerprint density at radius 3 is 2.28 bits per heavy atom. The van der Waals surface area contributed by atoms with Gasteiger partial charge < -0.3 is 14.8 Å². The van der Waals surface area contributed by atoms with Crippen molar-refractivity contribution in [2.75, 3.05) is 18.5 Å². The summed E-state index contributed by atoms with van der Waals surface area (Å²) in [5.74, 6) is -1.58. The van der Waals surface area contributed by atoms with Gasteiger partial charge in [-0.25, -0.2) is 0 Å². The maximum Gasteiger partial charge on any atom is 0.311 e. The zero-order valence-electron chi connectivity index (χ0n) is 19.0. The van der Waals surface area contributed by atoms with Crippen LogP contribution in [0.3, 0.4) is 0 Å². The zero-order chi connectivity index (χ0) is 25.5. The highest BCUT2D eigenvalue weighted by atomic mass is 79.9. The lowest BCUT2D eigenvalue weighted by Crippen LogP contribution is -2.43. The highest BCUT2D eigenvalue weighted by Gasteiger charge is 2.36. The number of carbonyl (C=O) groups is 4. The Morgan fingerprint density at radius 1 is 0.917 bits per heavy atom. The van der Waals surface area contributed by atoms with Crippen molar-refractivity contribution in [1.29, 1.82) is 0 Å². The molecule has 1 atom stereocenters. The van der Waals surface area contributed by atoms with Crippen molar-refractivity contribution < 1.29 is 28.7 Å². The molecule has 0 aliphatic carbocycles. The predicted molar refractivity (Wildman–Crippen MR) is 134 cm³/mol. The second-order valence-electron chi connectivity index (χ2n) is 7.95. The van der Waals surface area contributed by atoms with E-state index in [2.05, 4.69) is 26.7 Å². The number of hydrogen-bond donors (Lipinski definition) is 2. The lowest BCUT2D eigenvalue weighted by Gasteiger charge is -2.17. The van der Waals surface area contributed by atoms with E-state index in [-0.39, 0.29) is 13.0 Å². The first-order valence-electron chi connectivity index (χ1n) is 11.0. The van der Waals surface area contributed by atoms with E-state index in [0.717, 1.165) is 9.48 Å². The summed E-state index contributed by atoms with van der Waals surface area (Å²) < 4.78 is 11.6. The standard InChI is InChI=1S/C26H22BrN3O6/c27-19-8-6-17(7-9-19)25(33)29-30-15-18(14-24(30)32)26(34)35-16-23(31)28-20-10-12-22(13-11-20)36-21-4-2-1-3-5-21/h1-13,18H,14-16H2,(H,28,31)(H,29,33)/t18-/m1/s1. The summed E-state index contributed by atoms with van der Waals surface area (Å²) in [6.07, 6.45) is -0.121. The van der Waals surface area contributed by atoms with Crippen LogP contribution >= 0.6 is 15.9 Å². The molecule has 9 nitrogen and oxygen atoms in total. The van der Waals surface area contributed by atoms with Crippen LogP contribution < -0.4 is 15.5 Å². The molecule has 2 N–H and O–H groups in total. The largest absolute Gasteiger partial charge is 0.457 e. The fourth-order valence-electron chi connectivity index (χ4n) is 3.44. The third-order valence-corrected chi connectivity index (χ3v) is 5.79. The van der Waals surface area contributed by atoms with E-state index in [1.54, 1.807) is 48.5 Å². The average molecular weight is 552 g/mol. The summed E-state index contributed by atoms with van der Waals surface area (Å²) >= 11 is 3.29. The number of carbonyl (C=O) groups excluding carboxylic acids is 4. The van der Waals surface area contributed by atoms with Crippen LogP contribution in [0.25, 0.3) is 0 Å². The van der Waals surface area contributed by atoms with Crippen LogP contribution in [0.4, 0.5) is 5.69 Å². The number of benzene rings is 3. The normalized spacial score (nSPS) is 14.8. The Kier molecular flexibility index (Phi) is 7.96. The van der Waals surface area contributed by atoms with Gasteiger partial charge in [0.25, 0.3) is 11.8 Å². The lowest BCUT2D eigenvalue weighted by atomic mass is 10.1. The number of anilines is 1. The van der Waals surface area contributed by atoms with Gasteiger partial charge in [-0.1, -0.05) is 34.1 Å². The van der Waals surface area contributed by atoms with Crippen LogP contribution in [0.5, 0.6) is 11.5 Å². The lowest BCUT2D eigenvalue weighted by molar-refractivity contribution is -0.151. The molecule has 0 spiro atoms. The molecule has 36 heavy (non-hydrogen) atoms. The topological polar surface area (TPSA) is 114 Å². The Labute approximate surface area is 215 Å². The molecule has 0 bridgehead atoms. The van der Waals surface area contributed by atoms with E-state index >= 15 is 0 Å². The molecule has 3 amide bonds. The number of esters is 1. The summed E-state index contributed by atoms with van der Waals surface area (Å²) in [6, 6.07) is 22.6. The Morgan fingerprint density at radius 2 is 1.58 bits per heavy atom. The van der Waals surface area contributed by atoms with Crippen LogP contribution in [-0.4, -0.2) is 41.9 Å². The number of para-hydroxylation sites is 1. The molecular formula is C26H22BrN3O6. The van der Waals surface area contributed by atoms with E-state index in [0.29, 0.717) is 22.7 Å². The van der Waals surface area contributed by atoms with Gasteiger partial charge in [-0.05, 0) is 60.7 Å². The van der Waals surface area contributed by atoms with Crippen LogP contribution in [0.1, 0.15) is 16.8 Å². The summed E-state index contributed by atoms with van der Waals surface area (Å²) in [5, 5.41) is 3.73. The Balaban J connectivity index is 1.21. The fraction of sp³-hybridized carbons (Fsp3) is 0.154. The number of nitrogens with zero attached hydrogens (tertiary/aromatic N) is 1. The average Bonchev–Trinajstić information content (AvgIpc) is 3.25. The maximum absolute atomic E-state index is 12.4. The Hall–Kier alpha value is -4.18. The molecule has 3 aromatic rings. The van der Waals surface area contributed by atoms with Crippen molar-refractivity contribution in [2.45, 2.75) is 6.42 Å². The molecule has 0 aromatic heterocycles. The minimum Gasteiger partial charge on any atom is -0.457 e. The van der Waals surface area contributed by atoms with E-state index in [9.17, 15) is 19.2 Å². The minimum atomic E-state index is -0.787. The van der Waals surface area contributed by atoms with Crippen LogP contribution in [0.15, 0.2) is 83.3 Å². The molecule has 0 radical (unpaired) electrons. The molecule has 1 aliphatic heterocycles. The van der Waals surface area contributed by atoms with Gasteiger partial charge in [0.1, 0.15) is 11.5 Å². The molecule has 4 rings (SSSR count). The maximum atomic E-state index is 12.4. The van der Waals surface area contributed by atoms with Crippen molar-refractivity contribution in [3.63, 3.8) is 0 Å². The number of hydrogen-bond acceptors (Lipinski definition) is 6. The number of nitrogens with one attached hydrogen (secondary N) is 2. The number of halogens is 1. The van der Waals surface area contributed by atoms with Crippen molar-refractivity contribution in [1.82, 2.24) is 10.4 Å². The van der Waals surface area contributed by atoms with E-state index in [4.69, 9.17) is 9.47 Å². The molecule has 1 heterocycles. The number of hydrazine groups is 1. The molecule has 0 saturated carbocycles. The summed E-state index contributed by atoms with van der Waals surface area (Å²) in [5.41, 5.74) is 3.38. The smallest absolute Gasteiger partial charge is 0.311 e. The predicted octanol–water partition coefficient (Wildman–Crippen LogP) is 3.92. The molecule has 1 saturated heterocycles. The first kappa shape index (κ1) is 24.9. The van der Waals surface area contributed by atoms with Crippen molar-refractivity contribution in [3.8, 4) is 11.5 Å². The summed E-state index contributed by atoms with van der Waals surface area (Å²) in [4.78, 5) is 49.2. The minimum absolute atomic E-state index is 0.0373. The number of ether oxygens (including phenoxy) is 2. The van der Waals surface area contributed by atoms with E-state index in [1.165, 1.54) is 0 Å². The molecular weight excluding hydrogens is 530 g/mol.